The van der Waals surface area contributed by atoms with Gasteiger partial charge in [-0.15, -0.1) is 0 Å². The minimum atomic E-state index is -3.90. The van der Waals surface area contributed by atoms with Crippen molar-refractivity contribution in [2.75, 3.05) is 10.6 Å². The van der Waals surface area contributed by atoms with Gasteiger partial charge in [-0.05, 0) is 120 Å². The van der Waals surface area contributed by atoms with Crippen molar-refractivity contribution in [1.29, 1.82) is 0 Å². The molecule has 2 saturated carbocycles. The zero-order chi connectivity index (χ0) is 53.6. The van der Waals surface area contributed by atoms with E-state index in [1.165, 1.54) is 26.5 Å². The van der Waals surface area contributed by atoms with Gasteiger partial charge in [-0.3, -0.25) is 0 Å². The summed E-state index contributed by atoms with van der Waals surface area (Å²) in [6.45, 7) is 20.9. The third-order valence-electron chi connectivity index (χ3n) is 13.1. The van der Waals surface area contributed by atoms with E-state index in [2.05, 4.69) is 45.4 Å². The Kier molecular flexibility index (Phi) is 15.7. The van der Waals surface area contributed by atoms with Gasteiger partial charge in [0.1, 0.15) is 5.60 Å². The maximum Gasteiger partial charge on any atom is 0.407 e. The first-order valence-electron chi connectivity index (χ1n) is 24.8. The Bertz CT molecular complexity index is 3720. The van der Waals surface area contributed by atoms with Crippen molar-refractivity contribution in [2.45, 2.75) is 112 Å². The van der Waals surface area contributed by atoms with E-state index in [4.69, 9.17) is 34.6 Å². The normalized spacial score (nSPS) is 17.9. The SMILES string of the molecule is [C-]#[N+]c1cnc(N[C@@H]2CCC[C@H](NC(=O)OC(C)(C)C)C2)nc1-c1cn(S(=O)(=O)c2ccccc2)c2ccccc12.[C-]#[N+]c1cnc(N[C@@H]2CCC[C@H](NCl)C2)nc1-c1cn(S(=O)(=O)c2ccccc2)c2ccccc12. The molecule has 2 aliphatic carbocycles. The Hall–Kier alpha value is -7.88. The third kappa shape index (κ3) is 11.7. The molecule has 2 aliphatic rings. The molecule has 2 fully saturated rings. The molecule has 10 rings (SSSR count). The van der Waals surface area contributed by atoms with Crippen LogP contribution in [0.25, 0.3) is 54.0 Å². The van der Waals surface area contributed by atoms with Gasteiger partial charge in [-0.2, -0.15) is 0 Å². The molecule has 0 spiro atoms. The molecule has 21 heteroatoms. The lowest BCUT2D eigenvalue weighted by molar-refractivity contribution is 0.0491. The second kappa shape index (κ2) is 22.5. The Labute approximate surface area is 446 Å². The maximum absolute atomic E-state index is 13.6. The molecule has 390 valence electrons. The van der Waals surface area contributed by atoms with Crippen LogP contribution in [0, 0.1) is 13.1 Å². The number of carbonyl (C=O) groups excluding carboxylic acids is 1. The molecule has 4 heterocycles. The van der Waals surface area contributed by atoms with Crippen LogP contribution >= 0.6 is 11.8 Å². The summed E-state index contributed by atoms with van der Waals surface area (Å²) in [5.41, 5.74) is 2.69. The van der Waals surface area contributed by atoms with Gasteiger partial charge < -0.3 is 20.7 Å². The highest BCUT2D eigenvalue weighted by Crippen LogP contribution is 2.39. The molecule has 76 heavy (non-hydrogen) atoms. The van der Waals surface area contributed by atoms with Gasteiger partial charge in [0.15, 0.2) is 0 Å². The zero-order valence-electron chi connectivity index (χ0n) is 41.9. The largest absolute Gasteiger partial charge is 0.444 e. The van der Waals surface area contributed by atoms with E-state index in [9.17, 15) is 21.6 Å². The predicted octanol–water partition coefficient (Wildman–Crippen LogP) is 11.5. The average molecular weight is 1080 g/mol. The van der Waals surface area contributed by atoms with E-state index < -0.39 is 31.7 Å². The van der Waals surface area contributed by atoms with Crippen molar-refractivity contribution >= 4 is 83.0 Å². The van der Waals surface area contributed by atoms with Crippen LogP contribution in [-0.2, 0) is 24.8 Å². The number of nitrogens with one attached hydrogen (secondary N) is 4. The third-order valence-corrected chi connectivity index (χ3v) is 16.8. The molecule has 18 nitrogen and oxygen atoms in total. The van der Waals surface area contributed by atoms with Crippen molar-refractivity contribution in [3.8, 4) is 22.5 Å². The summed E-state index contributed by atoms with van der Waals surface area (Å²) in [6.07, 6.45) is 12.7. The molecule has 4 aromatic carbocycles. The van der Waals surface area contributed by atoms with Crippen LogP contribution in [0.2, 0.25) is 0 Å². The van der Waals surface area contributed by atoms with Gasteiger partial charge in [0.05, 0.1) is 45.4 Å². The van der Waals surface area contributed by atoms with E-state index in [0.717, 1.165) is 44.9 Å². The Morgan fingerprint density at radius 1 is 0.618 bits per heavy atom. The molecule has 0 aliphatic heterocycles. The molecule has 8 aromatic rings. The molecular weight excluding hydrogens is 1020 g/mol. The molecule has 1 amide bonds. The highest BCUT2D eigenvalue weighted by molar-refractivity contribution is 7.90. The average Bonchev–Trinajstić information content (AvgIpc) is 4.05. The van der Waals surface area contributed by atoms with E-state index in [1.54, 1.807) is 91.1 Å². The van der Waals surface area contributed by atoms with Gasteiger partial charge in [0.25, 0.3) is 20.0 Å². The minimum absolute atomic E-state index is 0.00451. The van der Waals surface area contributed by atoms with Crippen LogP contribution in [0.1, 0.15) is 72.1 Å². The molecule has 0 unspecified atom stereocenters. The summed E-state index contributed by atoms with van der Waals surface area (Å²) < 4.78 is 62.0. The fourth-order valence-electron chi connectivity index (χ4n) is 9.65. The van der Waals surface area contributed by atoms with Crippen LogP contribution < -0.4 is 20.8 Å². The van der Waals surface area contributed by atoms with Gasteiger partial charge >= 0.3 is 6.09 Å². The Balaban J connectivity index is 0.000000188. The summed E-state index contributed by atoms with van der Waals surface area (Å²) in [7, 11) is -7.75. The van der Waals surface area contributed by atoms with Crippen LogP contribution in [0.15, 0.2) is 144 Å². The number of rotatable bonds is 12. The Morgan fingerprint density at radius 3 is 1.46 bits per heavy atom. The number of anilines is 2. The molecule has 4 aromatic heterocycles. The van der Waals surface area contributed by atoms with Crippen molar-refractivity contribution < 1.29 is 26.4 Å². The van der Waals surface area contributed by atoms with E-state index in [1.807, 2.05) is 45.0 Å². The zero-order valence-corrected chi connectivity index (χ0v) is 44.3. The summed E-state index contributed by atoms with van der Waals surface area (Å²) in [4.78, 5) is 40.8. The van der Waals surface area contributed by atoms with E-state index in [0.29, 0.717) is 62.6 Å². The number of benzene rings is 4. The predicted molar refractivity (Wildman–Crippen MR) is 294 cm³/mol. The van der Waals surface area contributed by atoms with Crippen molar-refractivity contribution in [3.63, 3.8) is 0 Å². The molecular formula is C55H55ClN12O6S2. The second-order valence-electron chi connectivity index (χ2n) is 19.6. The molecule has 0 radical (unpaired) electrons. The van der Waals surface area contributed by atoms with Gasteiger partial charge in [-0.25, -0.2) is 64.0 Å². The summed E-state index contributed by atoms with van der Waals surface area (Å²) in [5, 5.41) is 11.0. The first-order chi connectivity index (χ1) is 36.6. The number of amides is 1. The fraction of sp³-hybridized carbons (Fsp3) is 0.291. The first-order valence-corrected chi connectivity index (χ1v) is 28.0. The number of ether oxygens (including phenoxy) is 1. The van der Waals surface area contributed by atoms with Crippen molar-refractivity contribution in [1.82, 2.24) is 38.0 Å². The molecule has 0 bridgehead atoms. The van der Waals surface area contributed by atoms with E-state index >= 15 is 0 Å². The van der Waals surface area contributed by atoms with Gasteiger partial charge in [-0.1, -0.05) is 72.8 Å². The standard InChI is InChI=1S/C30H32N6O4S.C25H23ClN6O2S/c1-30(2,3)40-29(37)34-21-12-10-11-20(17-21)33-28-32-18-25(31-4)27(35-28)24-19-36(26-16-9-8-15-23(24)26)41(38,39)22-13-6-5-7-14-22;1-27-22-15-28-25(29-17-8-7-9-18(14-17)31-26)30-24(22)21-16-32(23-13-6-5-12-20(21)23)35(33,34)19-10-3-2-4-11-19/h5-9,13-16,18-21H,10-12,17H2,1-3H3,(H,34,37)(H,32,33,35);2-6,10-13,15-18,31H,7-9,14H2,(H,28,29,30)/t20-,21+;17-,18+/m11/s1. The number of carbonyl (C=O) groups is 1. The number of aromatic nitrogens is 6. The lowest BCUT2D eigenvalue weighted by atomic mass is 9.91. The highest BCUT2D eigenvalue weighted by atomic mass is 35.5. The lowest BCUT2D eigenvalue weighted by Gasteiger charge is -2.31. The van der Waals surface area contributed by atoms with Gasteiger partial charge in [0, 0.05) is 70.9 Å². The number of halogens is 1. The Morgan fingerprint density at radius 2 is 1.03 bits per heavy atom. The second-order valence-corrected chi connectivity index (χ2v) is 23.4. The quantitative estimate of drug-likeness (QED) is 0.0663. The number of nitrogens with zero attached hydrogens (tertiary/aromatic N) is 8. The van der Waals surface area contributed by atoms with Crippen molar-refractivity contribution in [2.24, 2.45) is 0 Å². The van der Waals surface area contributed by atoms with Gasteiger partial charge in [0.2, 0.25) is 23.3 Å². The number of alkyl carbamates (subject to hydrolysis) is 1. The van der Waals surface area contributed by atoms with Crippen LogP contribution in [0.5, 0.6) is 0 Å². The topological polar surface area (TPSA) is 213 Å². The summed E-state index contributed by atoms with van der Waals surface area (Å²) >= 11 is 5.84. The number of fused-ring (bicyclic) bond motifs is 2. The van der Waals surface area contributed by atoms with Crippen LogP contribution in [0.3, 0.4) is 0 Å². The van der Waals surface area contributed by atoms with Crippen LogP contribution in [-0.4, -0.2) is 80.6 Å². The first kappa shape index (κ1) is 53.0. The number of hydrogen-bond acceptors (Lipinski definition) is 13. The molecule has 0 saturated heterocycles. The summed E-state index contributed by atoms with van der Waals surface area (Å²) in [5.74, 6) is 0.730. The monoisotopic (exact) mass is 1080 g/mol. The smallest absolute Gasteiger partial charge is 0.407 e. The maximum atomic E-state index is 13.6. The highest BCUT2D eigenvalue weighted by Gasteiger charge is 2.29. The van der Waals surface area contributed by atoms with Crippen LogP contribution in [0.4, 0.5) is 28.1 Å². The fourth-order valence-corrected chi connectivity index (χ4v) is 12.6. The minimum Gasteiger partial charge on any atom is -0.444 e. The lowest BCUT2D eigenvalue weighted by Crippen LogP contribution is -2.44. The number of para-hydroxylation sites is 2. The molecule has 4 atom stereocenters. The molecule has 4 N–H and O–H groups in total. The summed E-state index contributed by atoms with van der Waals surface area (Å²) in [6, 6.07) is 31.2. The van der Waals surface area contributed by atoms with E-state index in [-0.39, 0.29) is 45.3 Å². The number of hydrogen-bond donors (Lipinski definition) is 4. The van der Waals surface area contributed by atoms with Crippen molar-refractivity contribution in [3.05, 3.63) is 157 Å².